The van der Waals surface area contributed by atoms with Crippen molar-refractivity contribution >= 4 is 23.4 Å². The average molecular weight is 467 g/mol. The number of carbonyl (C=O) groups is 2. The Balaban J connectivity index is 1.43. The molecule has 1 aliphatic rings. The molecular weight excluding hydrogens is 440 g/mol. The van der Waals surface area contributed by atoms with Crippen LogP contribution in [0.3, 0.4) is 0 Å². The van der Waals surface area contributed by atoms with Gasteiger partial charge < -0.3 is 15.4 Å². The third-order valence-corrected chi connectivity index (χ3v) is 6.03. The molecule has 2 amide bonds. The normalized spacial score (nSPS) is 13.0. The molecule has 3 aromatic rings. The van der Waals surface area contributed by atoms with E-state index in [1.54, 1.807) is 7.11 Å². The number of aromatic nitrogens is 2. The molecule has 0 saturated carbocycles. The lowest BCUT2D eigenvalue weighted by molar-refractivity contribution is -0.120. The quantitative estimate of drug-likeness (QED) is 0.518. The van der Waals surface area contributed by atoms with Crippen molar-refractivity contribution in [1.29, 1.82) is 0 Å². The van der Waals surface area contributed by atoms with Gasteiger partial charge >= 0.3 is 0 Å². The molecule has 2 aromatic carbocycles. The van der Waals surface area contributed by atoms with Crippen LogP contribution in [0.25, 0.3) is 5.69 Å². The second kappa shape index (κ2) is 10.5. The highest BCUT2D eigenvalue weighted by Gasteiger charge is 2.25. The van der Waals surface area contributed by atoms with E-state index in [2.05, 4.69) is 15.7 Å². The summed E-state index contributed by atoms with van der Waals surface area (Å²) in [6.45, 7) is 0.261. The van der Waals surface area contributed by atoms with E-state index in [0.717, 1.165) is 60.4 Å². The molecule has 4 rings (SSSR count). The molecule has 7 nitrogen and oxygen atoms in total. The van der Waals surface area contributed by atoms with Gasteiger partial charge in [0.25, 0.3) is 5.91 Å². The fraction of sp³-hybridized carbons (Fsp3) is 0.320. The zero-order chi connectivity index (χ0) is 23.2. The number of nitrogens with zero attached hydrogens (tertiary/aromatic N) is 2. The largest absolute Gasteiger partial charge is 0.497 e. The van der Waals surface area contributed by atoms with Gasteiger partial charge in [-0.15, -0.1) is 0 Å². The fourth-order valence-corrected chi connectivity index (χ4v) is 4.13. The van der Waals surface area contributed by atoms with Crippen LogP contribution in [0.15, 0.2) is 48.5 Å². The number of hydrogen-bond donors (Lipinski definition) is 2. The van der Waals surface area contributed by atoms with Gasteiger partial charge in [0.2, 0.25) is 5.91 Å². The number of carbonyl (C=O) groups excluding carboxylic acids is 2. The van der Waals surface area contributed by atoms with Crippen molar-refractivity contribution in [2.45, 2.75) is 38.6 Å². The number of nitrogens with one attached hydrogen (secondary N) is 2. The van der Waals surface area contributed by atoms with Gasteiger partial charge in [0.15, 0.2) is 5.69 Å². The van der Waals surface area contributed by atoms with Crippen LogP contribution in [0.5, 0.6) is 5.75 Å². The number of methoxy groups -OCH3 is 1. The molecule has 0 saturated heterocycles. The third kappa shape index (κ3) is 5.54. The van der Waals surface area contributed by atoms with E-state index in [9.17, 15) is 9.59 Å². The number of fused-ring (bicyclic) bond motifs is 1. The summed E-state index contributed by atoms with van der Waals surface area (Å²) in [4.78, 5) is 25.3. The van der Waals surface area contributed by atoms with E-state index in [0.29, 0.717) is 17.3 Å². The van der Waals surface area contributed by atoms with Crippen molar-refractivity contribution in [3.63, 3.8) is 0 Å². The number of benzene rings is 2. The Morgan fingerprint density at radius 1 is 1.00 bits per heavy atom. The molecule has 33 heavy (non-hydrogen) atoms. The zero-order valence-electron chi connectivity index (χ0n) is 18.6. The van der Waals surface area contributed by atoms with Gasteiger partial charge in [-0.25, -0.2) is 4.68 Å². The summed E-state index contributed by atoms with van der Waals surface area (Å²) in [5.41, 5.74) is 4.24. The fourth-order valence-electron chi connectivity index (χ4n) is 4.00. The summed E-state index contributed by atoms with van der Waals surface area (Å²) in [5.74, 6) is 0.164. The first kappa shape index (κ1) is 22.9. The molecule has 0 radical (unpaired) electrons. The lowest BCUT2D eigenvalue weighted by Gasteiger charge is -2.08. The van der Waals surface area contributed by atoms with Crippen LogP contribution < -0.4 is 15.4 Å². The van der Waals surface area contributed by atoms with E-state index in [-0.39, 0.29) is 18.4 Å². The predicted octanol–water partition coefficient (Wildman–Crippen LogP) is 3.85. The first-order valence-corrected chi connectivity index (χ1v) is 11.5. The van der Waals surface area contributed by atoms with Crippen LogP contribution in [0.1, 0.15) is 46.6 Å². The van der Waals surface area contributed by atoms with Crippen LogP contribution >= 0.6 is 11.6 Å². The first-order valence-electron chi connectivity index (χ1n) is 11.1. The second-order valence-corrected chi connectivity index (χ2v) is 8.47. The molecule has 8 heteroatoms. The summed E-state index contributed by atoms with van der Waals surface area (Å²) < 4.78 is 6.98. The highest BCUT2D eigenvalue weighted by Crippen LogP contribution is 2.27. The van der Waals surface area contributed by atoms with Crippen LogP contribution in [0.4, 0.5) is 0 Å². The standard InChI is InChI=1S/C25H27ClN4O3/c1-33-20-13-7-17(8-14-20)15-27-23(31)16-28-25(32)24-21-5-3-2-4-6-22(21)30(29-24)19-11-9-18(26)10-12-19/h7-14H,2-6,15-16H2,1H3,(H,27,31)(H,28,32). The van der Waals surface area contributed by atoms with Gasteiger partial charge in [-0.3, -0.25) is 9.59 Å². The Morgan fingerprint density at radius 3 is 2.45 bits per heavy atom. The predicted molar refractivity (Wildman–Crippen MR) is 127 cm³/mol. The minimum absolute atomic E-state index is 0.114. The Kier molecular flexibility index (Phi) is 7.29. The topological polar surface area (TPSA) is 85.2 Å². The van der Waals surface area contributed by atoms with Gasteiger partial charge in [-0.05, 0) is 67.6 Å². The van der Waals surface area contributed by atoms with Crippen molar-refractivity contribution in [1.82, 2.24) is 20.4 Å². The van der Waals surface area contributed by atoms with Gasteiger partial charge in [0, 0.05) is 22.8 Å². The minimum atomic E-state index is -0.333. The second-order valence-electron chi connectivity index (χ2n) is 8.03. The molecule has 2 N–H and O–H groups in total. The molecule has 0 unspecified atom stereocenters. The molecule has 0 fully saturated rings. The van der Waals surface area contributed by atoms with Crippen LogP contribution in [-0.4, -0.2) is 35.2 Å². The highest BCUT2D eigenvalue weighted by atomic mass is 35.5. The molecule has 0 atom stereocenters. The van der Waals surface area contributed by atoms with Gasteiger partial charge in [0.05, 0.1) is 19.3 Å². The molecule has 1 aliphatic carbocycles. The van der Waals surface area contributed by atoms with E-state index in [1.165, 1.54) is 0 Å². The van der Waals surface area contributed by atoms with E-state index < -0.39 is 0 Å². The van der Waals surface area contributed by atoms with Crippen molar-refractivity contribution in [3.05, 3.63) is 76.1 Å². The summed E-state index contributed by atoms with van der Waals surface area (Å²) in [6, 6.07) is 14.9. The summed E-state index contributed by atoms with van der Waals surface area (Å²) in [5, 5.41) is 10.8. The molecule has 0 spiro atoms. The Hall–Kier alpha value is -3.32. The van der Waals surface area contributed by atoms with E-state index in [4.69, 9.17) is 16.3 Å². The minimum Gasteiger partial charge on any atom is -0.497 e. The van der Waals surface area contributed by atoms with E-state index in [1.807, 2.05) is 53.2 Å². The number of halogens is 1. The summed E-state index contributed by atoms with van der Waals surface area (Å²) in [6.07, 6.45) is 4.85. The van der Waals surface area contributed by atoms with Crippen molar-refractivity contribution < 1.29 is 14.3 Å². The van der Waals surface area contributed by atoms with Gasteiger partial charge in [-0.2, -0.15) is 5.10 Å². The molecule has 0 bridgehead atoms. The van der Waals surface area contributed by atoms with Crippen molar-refractivity contribution in [2.24, 2.45) is 0 Å². The summed E-state index contributed by atoms with van der Waals surface area (Å²) in [7, 11) is 1.61. The maximum Gasteiger partial charge on any atom is 0.272 e. The number of hydrogen-bond acceptors (Lipinski definition) is 4. The van der Waals surface area contributed by atoms with Crippen molar-refractivity contribution in [2.75, 3.05) is 13.7 Å². The highest BCUT2D eigenvalue weighted by molar-refractivity contribution is 6.30. The number of rotatable bonds is 7. The first-order chi connectivity index (χ1) is 16.0. The number of ether oxygens (including phenoxy) is 1. The monoisotopic (exact) mass is 466 g/mol. The lowest BCUT2D eigenvalue weighted by Crippen LogP contribution is -2.37. The van der Waals surface area contributed by atoms with Crippen LogP contribution in [-0.2, 0) is 24.2 Å². The Morgan fingerprint density at radius 2 is 1.73 bits per heavy atom. The molecule has 172 valence electrons. The maximum absolute atomic E-state index is 13.0. The molecule has 1 heterocycles. The molecular formula is C25H27ClN4O3. The smallest absolute Gasteiger partial charge is 0.272 e. The lowest BCUT2D eigenvalue weighted by atomic mass is 10.1. The van der Waals surface area contributed by atoms with Crippen LogP contribution in [0, 0.1) is 0 Å². The maximum atomic E-state index is 13.0. The van der Waals surface area contributed by atoms with Gasteiger partial charge in [0.1, 0.15) is 5.75 Å². The average Bonchev–Trinajstić information content (AvgIpc) is 3.02. The van der Waals surface area contributed by atoms with Gasteiger partial charge in [-0.1, -0.05) is 30.2 Å². The van der Waals surface area contributed by atoms with Crippen molar-refractivity contribution in [3.8, 4) is 11.4 Å². The molecule has 0 aliphatic heterocycles. The number of amides is 2. The zero-order valence-corrected chi connectivity index (χ0v) is 19.3. The third-order valence-electron chi connectivity index (χ3n) is 5.77. The molecule has 1 aromatic heterocycles. The van der Waals surface area contributed by atoms with E-state index >= 15 is 0 Å². The summed E-state index contributed by atoms with van der Waals surface area (Å²) >= 11 is 6.04. The Bertz CT molecular complexity index is 1120. The Labute approximate surface area is 198 Å². The van der Waals surface area contributed by atoms with Crippen LogP contribution in [0.2, 0.25) is 5.02 Å². The SMILES string of the molecule is COc1ccc(CNC(=O)CNC(=O)c2nn(-c3ccc(Cl)cc3)c3c2CCCCC3)cc1.